The number of urea groups is 1. The summed E-state index contributed by atoms with van der Waals surface area (Å²) in [5.74, 6) is -0.191. The first-order valence-electron chi connectivity index (χ1n) is 6.58. The second-order valence-electron chi connectivity index (χ2n) is 6.66. The molecule has 3 amide bonds. The highest BCUT2D eigenvalue weighted by molar-refractivity contribution is 5.95. The number of hydrogen-bond donors (Lipinski definition) is 3. The number of likely N-dealkylation sites (tertiary alicyclic amines) is 1. The maximum absolute atomic E-state index is 11.6. The van der Waals surface area contributed by atoms with Gasteiger partial charge in [-0.1, -0.05) is 13.8 Å². The van der Waals surface area contributed by atoms with Gasteiger partial charge in [-0.3, -0.25) is 15.0 Å². The van der Waals surface area contributed by atoms with Crippen LogP contribution in [0.1, 0.15) is 34.6 Å². The average Bonchev–Trinajstić information content (AvgIpc) is 2.10. The number of hydrogen-bond acceptors (Lipinski definition) is 4. The van der Waals surface area contributed by atoms with Gasteiger partial charge in [0.15, 0.2) is 0 Å². The van der Waals surface area contributed by atoms with Crippen LogP contribution in [0.5, 0.6) is 0 Å². The molecule has 0 aromatic rings. The molecule has 1 aliphatic rings. The third-order valence-corrected chi connectivity index (χ3v) is 3.18. The van der Waals surface area contributed by atoms with Gasteiger partial charge >= 0.3 is 6.03 Å². The van der Waals surface area contributed by atoms with E-state index in [2.05, 4.69) is 10.6 Å². The topological polar surface area (TPSA) is 81.7 Å². The summed E-state index contributed by atoms with van der Waals surface area (Å²) in [5, 5.41) is 15.0. The summed E-state index contributed by atoms with van der Waals surface area (Å²) in [4.78, 5) is 24.9. The molecule has 0 unspecified atom stereocenters. The summed E-state index contributed by atoms with van der Waals surface area (Å²) in [6, 6.07) is -0.489. The first kappa shape index (κ1) is 15.9. The SMILES string of the molecule is CC(C)C1(O)CN(CC(=O)NC(=O)NC(C)(C)C)C1. The van der Waals surface area contributed by atoms with E-state index in [1.165, 1.54) is 0 Å². The quantitative estimate of drug-likeness (QED) is 0.690. The second-order valence-corrected chi connectivity index (χ2v) is 6.66. The molecule has 1 rings (SSSR count). The number of β-amino-alcohol motifs (C(OH)–C–C–N with tert-alkyl or cyclic N) is 1. The van der Waals surface area contributed by atoms with E-state index < -0.39 is 11.6 Å². The lowest BCUT2D eigenvalue weighted by atomic mass is 9.83. The highest BCUT2D eigenvalue weighted by atomic mass is 16.3. The Labute approximate surface area is 114 Å². The zero-order chi connectivity index (χ0) is 14.8. The summed E-state index contributed by atoms with van der Waals surface area (Å²) in [6.07, 6.45) is 0. The Balaban J connectivity index is 2.29. The molecule has 0 spiro atoms. The van der Waals surface area contributed by atoms with Crippen LogP contribution in [0.15, 0.2) is 0 Å². The van der Waals surface area contributed by atoms with Crippen molar-refractivity contribution < 1.29 is 14.7 Å². The molecule has 6 nitrogen and oxygen atoms in total. The Kier molecular flexibility index (Phi) is 4.58. The van der Waals surface area contributed by atoms with Gasteiger partial charge in [0.25, 0.3) is 0 Å². The molecule has 0 radical (unpaired) electrons. The molecular formula is C13H25N3O3. The number of carbonyl (C=O) groups is 2. The van der Waals surface area contributed by atoms with Crippen LogP contribution >= 0.6 is 0 Å². The number of rotatable bonds is 3. The van der Waals surface area contributed by atoms with E-state index in [0.29, 0.717) is 13.1 Å². The number of aliphatic hydroxyl groups is 1. The number of carbonyl (C=O) groups excluding carboxylic acids is 2. The van der Waals surface area contributed by atoms with Crippen LogP contribution in [0.2, 0.25) is 0 Å². The highest BCUT2D eigenvalue weighted by Crippen LogP contribution is 2.27. The van der Waals surface area contributed by atoms with Crippen molar-refractivity contribution in [3.8, 4) is 0 Å². The first-order valence-corrected chi connectivity index (χ1v) is 6.58. The molecule has 1 aliphatic heterocycles. The fourth-order valence-corrected chi connectivity index (χ4v) is 1.95. The molecule has 1 heterocycles. The predicted molar refractivity (Wildman–Crippen MR) is 72.7 cm³/mol. The van der Waals surface area contributed by atoms with Gasteiger partial charge in [-0.05, 0) is 26.7 Å². The van der Waals surface area contributed by atoms with Crippen LogP contribution in [0.3, 0.4) is 0 Å². The van der Waals surface area contributed by atoms with Crippen molar-refractivity contribution in [2.75, 3.05) is 19.6 Å². The van der Waals surface area contributed by atoms with Gasteiger partial charge in [0.2, 0.25) is 5.91 Å². The average molecular weight is 271 g/mol. The predicted octanol–water partition coefficient (Wildman–Crippen LogP) is 0.313. The molecule has 6 heteroatoms. The highest BCUT2D eigenvalue weighted by Gasteiger charge is 2.44. The lowest BCUT2D eigenvalue weighted by Crippen LogP contribution is -2.66. The van der Waals surface area contributed by atoms with Crippen LogP contribution in [-0.4, -0.2) is 52.7 Å². The summed E-state index contributed by atoms with van der Waals surface area (Å²) < 4.78 is 0. The van der Waals surface area contributed by atoms with Crippen molar-refractivity contribution in [2.45, 2.75) is 45.8 Å². The molecule has 0 aromatic carbocycles. The van der Waals surface area contributed by atoms with Crippen molar-refractivity contribution in [3.05, 3.63) is 0 Å². The van der Waals surface area contributed by atoms with E-state index in [0.717, 1.165) is 0 Å². The molecule has 0 bridgehead atoms. The lowest BCUT2D eigenvalue weighted by Gasteiger charge is -2.48. The maximum Gasteiger partial charge on any atom is 0.321 e. The molecule has 19 heavy (non-hydrogen) atoms. The Hall–Kier alpha value is -1.14. The van der Waals surface area contributed by atoms with E-state index in [1.807, 2.05) is 39.5 Å². The fourth-order valence-electron chi connectivity index (χ4n) is 1.95. The second kappa shape index (κ2) is 5.46. The Morgan fingerprint density at radius 1 is 1.32 bits per heavy atom. The Morgan fingerprint density at radius 2 is 1.84 bits per heavy atom. The lowest BCUT2D eigenvalue weighted by molar-refractivity contribution is -0.141. The van der Waals surface area contributed by atoms with Crippen molar-refractivity contribution in [1.82, 2.24) is 15.5 Å². The minimum atomic E-state index is -0.700. The monoisotopic (exact) mass is 271 g/mol. The van der Waals surface area contributed by atoms with Crippen LogP contribution < -0.4 is 10.6 Å². The minimum Gasteiger partial charge on any atom is -0.387 e. The molecule has 110 valence electrons. The smallest absolute Gasteiger partial charge is 0.321 e. The number of amides is 3. The van der Waals surface area contributed by atoms with Gasteiger partial charge in [-0.15, -0.1) is 0 Å². The molecule has 0 aromatic heterocycles. The van der Waals surface area contributed by atoms with Gasteiger partial charge in [-0.25, -0.2) is 4.79 Å². The first-order chi connectivity index (χ1) is 8.52. The van der Waals surface area contributed by atoms with E-state index >= 15 is 0 Å². The van der Waals surface area contributed by atoms with Gasteiger partial charge in [-0.2, -0.15) is 0 Å². The Morgan fingerprint density at radius 3 is 2.26 bits per heavy atom. The minimum absolute atomic E-state index is 0.132. The van der Waals surface area contributed by atoms with Crippen molar-refractivity contribution in [3.63, 3.8) is 0 Å². The molecular weight excluding hydrogens is 246 g/mol. The van der Waals surface area contributed by atoms with Crippen molar-refractivity contribution >= 4 is 11.9 Å². The molecule has 1 saturated heterocycles. The maximum atomic E-state index is 11.6. The van der Waals surface area contributed by atoms with E-state index in [4.69, 9.17) is 0 Å². The van der Waals surface area contributed by atoms with Gasteiger partial charge in [0.05, 0.1) is 12.1 Å². The summed E-state index contributed by atoms with van der Waals surface area (Å²) in [5.41, 5.74) is -1.08. The van der Waals surface area contributed by atoms with Crippen LogP contribution in [0.25, 0.3) is 0 Å². The number of nitrogens with one attached hydrogen (secondary N) is 2. The molecule has 0 aliphatic carbocycles. The molecule has 0 saturated carbocycles. The Bertz CT molecular complexity index is 355. The fraction of sp³-hybridized carbons (Fsp3) is 0.846. The van der Waals surface area contributed by atoms with Crippen LogP contribution in [0, 0.1) is 5.92 Å². The zero-order valence-corrected chi connectivity index (χ0v) is 12.4. The van der Waals surface area contributed by atoms with E-state index in [-0.39, 0.29) is 23.9 Å². The van der Waals surface area contributed by atoms with Gasteiger partial charge in [0.1, 0.15) is 0 Å². The van der Waals surface area contributed by atoms with E-state index in [9.17, 15) is 14.7 Å². The summed E-state index contributed by atoms with van der Waals surface area (Å²) in [6.45, 7) is 10.5. The third kappa shape index (κ3) is 4.80. The standard InChI is InChI=1S/C13H25N3O3/c1-9(2)13(19)7-16(8-13)6-10(17)14-11(18)15-12(3,4)5/h9,19H,6-8H2,1-5H3,(H2,14,15,17,18). The van der Waals surface area contributed by atoms with Crippen molar-refractivity contribution in [1.29, 1.82) is 0 Å². The summed E-state index contributed by atoms with van der Waals surface area (Å²) in [7, 11) is 0. The molecule has 1 fully saturated rings. The number of imide groups is 1. The normalized spacial score (nSPS) is 18.9. The van der Waals surface area contributed by atoms with E-state index in [1.54, 1.807) is 0 Å². The van der Waals surface area contributed by atoms with Crippen molar-refractivity contribution in [2.24, 2.45) is 5.92 Å². The molecule has 0 atom stereocenters. The van der Waals surface area contributed by atoms with Gasteiger partial charge in [0, 0.05) is 18.6 Å². The summed E-state index contributed by atoms with van der Waals surface area (Å²) >= 11 is 0. The van der Waals surface area contributed by atoms with Crippen LogP contribution in [0.4, 0.5) is 4.79 Å². The largest absolute Gasteiger partial charge is 0.387 e. The van der Waals surface area contributed by atoms with Crippen LogP contribution in [-0.2, 0) is 4.79 Å². The van der Waals surface area contributed by atoms with Gasteiger partial charge < -0.3 is 10.4 Å². The molecule has 3 N–H and O–H groups in total. The third-order valence-electron chi connectivity index (χ3n) is 3.18. The zero-order valence-electron chi connectivity index (χ0n) is 12.4. The number of nitrogens with zero attached hydrogens (tertiary/aromatic N) is 1.